The number of rotatable bonds is 5. The molecule has 5 nitrogen and oxygen atoms in total. The number of carbonyl (C=O) groups is 2. The number of anilines is 1. The molecule has 3 rings (SSSR count). The van der Waals surface area contributed by atoms with Gasteiger partial charge in [-0.25, -0.2) is 0 Å². The Morgan fingerprint density at radius 2 is 2.00 bits per heavy atom. The molecule has 8 heteroatoms. The van der Waals surface area contributed by atoms with Crippen LogP contribution in [0.25, 0.3) is 0 Å². The lowest BCUT2D eigenvalue weighted by atomic mass is 10.1. The molecule has 1 amide bonds. The van der Waals surface area contributed by atoms with Crippen LogP contribution in [0.2, 0.25) is 0 Å². The number of para-hydroxylation sites is 1. The quantitative estimate of drug-likeness (QED) is 0.403. The Bertz CT molecular complexity index is 864. The second kappa shape index (κ2) is 8.50. The number of ether oxygens (including phenoxy) is 1. The van der Waals surface area contributed by atoms with Gasteiger partial charge in [0.1, 0.15) is 4.32 Å². The molecule has 2 aliphatic heterocycles. The molecule has 0 aliphatic carbocycles. The van der Waals surface area contributed by atoms with Gasteiger partial charge in [-0.15, -0.1) is 0 Å². The maximum Gasteiger partial charge on any atom is 0.305 e. The molecule has 0 unspecified atom stereocenters. The summed E-state index contributed by atoms with van der Waals surface area (Å²) in [5, 5.41) is 1.02. The fraction of sp³-hybridized carbons (Fsp3) is 0.316. The molecular formula is C19H20N2O3S3. The van der Waals surface area contributed by atoms with Crippen LogP contribution in [0.4, 0.5) is 5.69 Å². The van der Waals surface area contributed by atoms with Gasteiger partial charge >= 0.3 is 5.97 Å². The number of fused-ring (bicyclic) bond motifs is 1. The van der Waals surface area contributed by atoms with E-state index in [0.29, 0.717) is 22.2 Å². The molecule has 27 heavy (non-hydrogen) atoms. The number of methoxy groups -OCH3 is 1. The fourth-order valence-corrected chi connectivity index (χ4v) is 5.48. The molecule has 0 spiro atoms. The summed E-state index contributed by atoms with van der Waals surface area (Å²) in [7, 11) is 3.38. The third-order valence-corrected chi connectivity index (χ3v) is 7.01. The van der Waals surface area contributed by atoms with E-state index < -0.39 is 0 Å². The lowest BCUT2D eigenvalue weighted by molar-refractivity contribution is -0.140. The summed E-state index contributed by atoms with van der Waals surface area (Å²) in [6.45, 7) is 2.46. The third-order valence-electron chi connectivity index (χ3n) is 4.33. The minimum Gasteiger partial charge on any atom is -0.469 e. The van der Waals surface area contributed by atoms with E-state index >= 15 is 0 Å². The van der Waals surface area contributed by atoms with Gasteiger partial charge in [-0.2, -0.15) is 0 Å². The van der Waals surface area contributed by atoms with Gasteiger partial charge in [0, 0.05) is 24.9 Å². The van der Waals surface area contributed by atoms with Gasteiger partial charge in [-0.05, 0) is 37.1 Å². The van der Waals surface area contributed by atoms with E-state index in [-0.39, 0.29) is 18.3 Å². The Morgan fingerprint density at radius 3 is 2.63 bits per heavy atom. The Kier molecular flexibility index (Phi) is 6.29. The van der Waals surface area contributed by atoms with Crippen molar-refractivity contribution in [1.29, 1.82) is 0 Å². The minimum absolute atomic E-state index is 0.0770. The number of thioether (sulfide) groups is 2. The van der Waals surface area contributed by atoms with Crippen LogP contribution in [0.1, 0.15) is 19.8 Å². The SMILES string of the molecule is CCN1C(=O)C(=CC(CCC(=O)OC)=C2Sc3ccccc3N2C)SC1=S. The van der Waals surface area contributed by atoms with Gasteiger partial charge in [-0.3, -0.25) is 14.5 Å². The van der Waals surface area contributed by atoms with Crippen LogP contribution in [-0.4, -0.2) is 41.8 Å². The minimum atomic E-state index is -0.272. The van der Waals surface area contributed by atoms with E-state index in [2.05, 4.69) is 17.0 Å². The molecule has 1 aromatic carbocycles. The number of esters is 1. The molecule has 1 fully saturated rings. The molecule has 0 atom stereocenters. The van der Waals surface area contributed by atoms with Crippen molar-refractivity contribution in [1.82, 2.24) is 4.90 Å². The van der Waals surface area contributed by atoms with Crippen molar-refractivity contribution in [3.63, 3.8) is 0 Å². The summed E-state index contributed by atoms with van der Waals surface area (Å²) in [4.78, 5) is 29.7. The standard InChI is InChI=1S/C19H20N2O3S3/c1-4-21-17(23)15(27-19(21)25)11-12(9-10-16(22)24-3)18-20(2)13-7-5-6-8-14(13)26-18/h5-8,11H,4,9-10H2,1-3H3. The van der Waals surface area contributed by atoms with Gasteiger partial charge in [0.05, 0.1) is 22.7 Å². The highest BCUT2D eigenvalue weighted by atomic mass is 32.2. The highest BCUT2D eigenvalue weighted by Gasteiger charge is 2.32. The van der Waals surface area contributed by atoms with Gasteiger partial charge in [-0.1, -0.05) is 47.9 Å². The van der Waals surface area contributed by atoms with Crippen LogP contribution >= 0.6 is 35.7 Å². The first-order chi connectivity index (χ1) is 13.0. The molecular weight excluding hydrogens is 400 g/mol. The first kappa shape index (κ1) is 20.0. The molecule has 142 valence electrons. The number of hydrogen-bond acceptors (Lipinski definition) is 7. The maximum absolute atomic E-state index is 12.6. The topological polar surface area (TPSA) is 49.9 Å². The normalized spacial score (nSPS) is 19.7. The van der Waals surface area contributed by atoms with E-state index in [1.807, 2.05) is 32.2 Å². The van der Waals surface area contributed by atoms with Crippen molar-refractivity contribution in [2.75, 3.05) is 25.6 Å². The van der Waals surface area contributed by atoms with E-state index in [9.17, 15) is 9.59 Å². The number of carbonyl (C=O) groups excluding carboxylic acids is 2. The Balaban J connectivity index is 1.98. The second-order valence-corrected chi connectivity index (χ2v) is 8.67. The van der Waals surface area contributed by atoms with Crippen molar-refractivity contribution >= 4 is 57.6 Å². The van der Waals surface area contributed by atoms with E-state index in [4.69, 9.17) is 17.0 Å². The molecule has 1 saturated heterocycles. The average Bonchev–Trinajstić information content (AvgIpc) is 3.14. The second-order valence-electron chi connectivity index (χ2n) is 5.96. The van der Waals surface area contributed by atoms with Crippen molar-refractivity contribution in [2.45, 2.75) is 24.7 Å². The molecule has 0 bridgehead atoms. The zero-order valence-corrected chi connectivity index (χ0v) is 17.8. The Labute approximate surface area is 172 Å². The van der Waals surface area contributed by atoms with Gasteiger partial charge in [0.25, 0.3) is 5.91 Å². The van der Waals surface area contributed by atoms with Gasteiger partial charge < -0.3 is 9.64 Å². The summed E-state index contributed by atoms with van der Waals surface area (Å²) in [6, 6.07) is 8.13. The zero-order valence-electron chi connectivity index (χ0n) is 15.4. The number of thiocarbonyl (C=S) groups is 1. The number of hydrogen-bond donors (Lipinski definition) is 0. The summed E-state index contributed by atoms with van der Waals surface area (Å²) >= 11 is 8.26. The van der Waals surface area contributed by atoms with Crippen LogP contribution in [0, 0.1) is 0 Å². The van der Waals surface area contributed by atoms with Crippen molar-refractivity contribution in [3.8, 4) is 0 Å². The summed E-state index contributed by atoms with van der Waals surface area (Å²) in [5.41, 5.74) is 2.04. The van der Waals surface area contributed by atoms with E-state index in [1.165, 1.54) is 18.9 Å². The molecule has 0 saturated carbocycles. The Morgan fingerprint density at radius 1 is 1.26 bits per heavy atom. The monoisotopic (exact) mass is 420 g/mol. The Hall–Kier alpha value is -1.77. The molecule has 2 aliphatic rings. The highest BCUT2D eigenvalue weighted by molar-refractivity contribution is 8.26. The van der Waals surface area contributed by atoms with Gasteiger partial charge in [0.2, 0.25) is 0 Å². The highest BCUT2D eigenvalue weighted by Crippen LogP contribution is 2.47. The predicted octanol–water partition coefficient (Wildman–Crippen LogP) is 4.16. The fourth-order valence-electron chi connectivity index (χ4n) is 2.89. The number of nitrogens with zero attached hydrogens (tertiary/aromatic N) is 2. The third kappa shape index (κ3) is 4.07. The lowest BCUT2D eigenvalue weighted by Gasteiger charge is -2.17. The zero-order chi connectivity index (χ0) is 19.6. The van der Waals surface area contributed by atoms with E-state index in [1.54, 1.807) is 16.7 Å². The number of benzene rings is 1. The first-order valence-electron chi connectivity index (χ1n) is 8.52. The van der Waals surface area contributed by atoms with Crippen LogP contribution in [0.3, 0.4) is 0 Å². The van der Waals surface area contributed by atoms with Crippen LogP contribution < -0.4 is 4.90 Å². The largest absolute Gasteiger partial charge is 0.469 e. The van der Waals surface area contributed by atoms with Crippen LogP contribution in [0.5, 0.6) is 0 Å². The van der Waals surface area contributed by atoms with Crippen molar-refractivity contribution < 1.29 is 14.3 Å². The molecule has 0 N–H and O–H groups in total. The van der Waals surface area contributed by atoms with Crippen molar-refractivity contribution in [2.24, 2.45) is 0 Å². The van der Waals surface area contributed by atoms with Gasteiger partial charge in [0.15, 0.2) is 0 Å². The van der Waals surface area contributed by atoms with Crippen LogP contribution in [0.15, 0.2) is 50.7 Å². The first-order valence-corrected chi connectivity index (χ1v) is 10.6. The molecule has 1 aromatic rings. The number of allylic oxidation sites excluding steroid dienone is 2. The van der Waals surface area contributed by atoms with Crippen molar-refractivity contribution in [3.05, 3.63) is 45.8 Å². The number of amides is 1. The van der Waals surface area contributed by atoms with Crippen LogP contribution in [-0.2, 0) is 14.3 Å². The molecule has 0 radical (unpaired) electrons. The number of likely N-dealkylation sites (N-methyl/N-ethyl adjacent to an activating group) is 1. The lowest BCUT2D eigenvalue weighted by Crippen LogP contribution is -2.27. The smallest absolute Gasteiger partial charge is 0.305 e. The summed E-state index contributed by atoms with van der Waals surface area (Å²) in [5.74, 6) is -0.349. The maximum atomic E-state index is 12.6. The summed E-state index contributed by atoms with van der Waals surface area (Å²) in [6.07, 6.45) is 2.62. The summed E-state index contributed by atoms with van der Waals surface area (Å²) < 4.78 is 5.36. The molecule has 2 heterocycles. The molecule has 0 aromatic heterocycles. The van der Waals surface area contributed by atoms with E-state index in [0.717, 1.165) is 21.2 Å². The average molecular weight is 421 g/mol. The predicted molar refractivity (Wildman–Crippen MR) is 115 cm³/mol.